The van der Waals surface area contributed by atoms with Crippen LogP contribution in [0.3, 0.4) is 0 Å². The first-order valence-corrected chi connectivity index (χ1v) is 6.42. The fourth-order valence-corrected chi connectivity index (χ4v) is 2.44. The van der Waals surface area contributed by atoms with Crippen LogP contribution in [0.1, 0.15) is 26.2 Å². The zero-order chi connectivity index (χ0) is 10.5. The summed E-state index contributed by atoms with van der Waals surface area (Å²) in [6.45, 7) is 8.60. The molecule has 1 atom stereocenters. The van der Waals surface area contributed by atoms with Crippen LogP contribution in [-0.2, 0) is 4.74 Å². The maximum absolute atomic E-state index is 5.56. The van der Waals surface area contributed by atoms with Crippen LogP contribution in [0, 0.1) is 5.92 Å². The fraction of sp³-hybridized carbons (Fsp3) is 1.00. The van der Waals surface area contributed by atoms with E-state index in [9.17, 15) is 0 Å². The van der Waals surface area contributed by atoms with Crippen LogP contribution in [-0.4, -0.2) is 50.3 Å². The molecule has 1 aliphatic carbocycles. The molecule has 88 valence electrons. The Kier molecular flexibility index (Phi) is 4.42. The summed E-state index contributed by atoms with van der Waals surface area (Å²) in [4.78, 5) is 2.63. The molecule has 0 bridgehead atoms. The zero-order valence-electron chi connectivity index (χ0n) is 9.87. The second-order valence-corrected chi connectivity index (χ2v) is 4.83. The average molecular weight is 212 g/mol. The number of ether oxygens (including phenoxy) is 1. The van der Waals surface area contributed by atoms with Crippen LogP contribution in [0.2, 0.25) is 0 Å². The Morgan fingerprint density at radius 1 is 1.40 bits per heavy atom. The van der Waals surface area contributed by atoms with Gasteiger partial charge in [0.05, 0.1) is 13.2 Å². The summed E-state index contributed by atoms with van der Waals surface area (Å²) in [5.41, 5.74) is 0. The molecular weight excluding hydrogens is 188 g/mol. The van der Waals surface area contributed by atoms with Crippen LogP contribution in [0.25, 0.3) is 0 Å². The van der Waals surface area contributed by atoms with Gasteiger partial charge in [0, 0.05) is 25.7 Å². The molecule has 1 saturated heterocycles. The number of rotatable bonds is 5. The second-order valence-electron chi connectivity index (χ2n) is 4.83. The van der Waals surface area contributed by atoms with Crippen molar-refractivity contribution in [2.75, 3.05) is 39.4 Å². The third-order valence-electron chi connectivity index (χ3n) is 3.70. The molecule has 2 rings (SSSR count). The SMILES string of the molecule is CCNCC1COCCN1CC1CCC1. The highest BCUT2D eigenvalue weighted by Gasteiger charge is 2.27. The molecule has 1 aliphatic heterocycles. The van der Waals surface area contributed by atoms with E-state index >= 15 is 0 Å². The Hall–Kier alpha value is -0.120. The Balaban J connectivity index is 1.76. The van der Waals surface area contributed by atoms with E-state index in [0.717, 1.165) is 38.8 Å². The predicted molar refractivity (Wildman–Crippen MR) is 62.1 cm³/mol. The Bertz CT molecular complexity index is 182. The van der Waals surface area contributed by atoms with Gasteiger partial charge >= 0.3 is 0 Å². The van der Waals surface area contributed by atoms with Gasteiger partial charge in [-0.25, -0.2) is 0 Å². The largest absolute Gasteiger partial charge is 0.378 e. The van der Waals surface area contributed by atoms with Crippen molar-refractivity contribution in [3.63, 3.8) is 0 Å². The minimum atomic E-state index is 0.610. The van der Waals surface area contributed by atoms with E-state index in [1.54, 1.807) is 0 Å². The standard InChI is InChI=1S/C12H24N2O/c1-2-13-8-12-10-15-7-6-14(12)9-11-4-3-5-11/h11-13H,2-10H2,1H3. The first-order chi connectivity index (χ1) is 7.40. The van der Waals surface area contributed by atoms with Crippen LogP contribution in [0.5, 0.6) is 0 Å². The van der Waals surface area contributed by atoms with Crippen molar-refractivity contribution in [1.29, 1.82) is 0 Å². The highest BCUT2D eigenvalue weighted by molar-refractivity contribution is 4.81. The minimum absolute atomic E-state index is 0.610. The van der Waals surface area contributed by atoms with Crippen molar-refractivity contribution >= 4 is 0 Å². The minimum Gasteiger partial charge on any atom is -0.378 e. The molecule has 1 unspecified atom stereocenters. The van der Waals surface area contributed by atoms with E-state index in [-0.39, 0.29) is 0 Å². The van der Waals surface area contributed by atoms with Gasteiger partial charge in [-0.1, -0.05) is 13.3 Å². The molecule has 0 aromatic heterocycles. The van der Waals surface area contributed by atoms with Gasteiger partial charge < -0.3 is 10.1 Å². The monoisotopic (exact) mass is 212 g/mol. The van der Waals surface area contributed by atoms with E-state index in [2.05, 4.69) is 17.1 Å². The van der Waals surface area contributed by atoms with Crippen LogP contribution in [0.15, 0.2) is 0 Å². The molecule has 15 heavy (non-hydrogen) atoms. The lowest BCUT2D eigenvalue weighted by atomic mass is 9.85. The third kappa shape index (κ3) is 3.16. The lowest BCUT2D eigenvalue weighted by molar-refractivity contribution is -0.0189. The molecule has 3 heteroatoms. The van der Waals surface area contributed by atoms with Crippen molar-refractivity contribution in [3.05, 3.63) is 0 Å². The van der Waals surface area contributed by atoms with Gasteiger partial charge in [0.1, 0.15) is 0 Å². The average Bonchev–Trinajstić information content (AvgIpc) is 2.22. The van der Waals surface area contributed by atoms with Crippen LogP contribution >= 0.6 is 0 Å². The van der Waals surface area contributed by atoms with Crippen molar-refractivity contribution in [2.45, 2.75) is 32.2 Å². The highest BCUT2D eigenvalue weighted by Crippen LogP contribution is 2.28. The number of hydrogen-bond acceptors (Lipinski definition) is 3. The quantitative estimate of drug-likeness (QED) is 0.738. The first kappa shape index (κ1) is 11.4. The molecule has 2 fully saturated rings. The zero-order valence-corrected chi connectivity index (χ0v) is 9.87. The molecule has 0 radical (unpaired) electrons. The lowest BCUT2D eigenvalue weighted by Gasteiger charge is -2.40. The molecule has 0 amide bonds. The van der Waals surface area contributed by atoms with Crippen molar-refractivity contribution in [2.24, 2.45) is 5.92 Å². The molecule has 1 N–H and O–H groups in total. The summed E-state index contributed by atoms with van der Waals surface area (Å²) in [5, 5.41) is 3.44. The predicted octanol–water partition coefficient (Wildman–Crippen LogP) is 1.10. The summed E-state index contributed by atoms with van der Waals surface area (Å²) >= 11 is 0. The number of likely N-dealkylation sites (N-methyl/N-ethyl adjacent to an activating group) is 1. The number of nitrogens with zero attached hydrogens (tertiary/aromatic N) is 1. The molecule has 1 saturated carbocycles. The molecule has 0 spiro atoms. The first-order valence-electron chi connectivity index (χ1n) is 6.42. The van der Waals surface area contributed by atoms with E-state index in [1.807, 2.05) is 0 Å². The Labute approximate surface area is 93.2 Å². The molecule has 0 aromatic carbocycles. The van der Waals surface area contributed by atoms with Gasteiger partial charge in [0.2, 0.25) is 0 Å². The van der Waals surface area contributed by atoms with Gasteiger partial charge in [0.15, 0.2) is 0 Å². The normalized spacial score (nSPS) is 29.0. The molecule has 2 aliphatic rings. The Morgan fingerprint density at radius 2 is 2.27 bits per heavy atom. The van der Waals surface area contributed by atoms with Crippen LogP contribution in [0.4, 0.5) is 0 Å². The maximum Gasteiger partial charge on any atom is 0.0634 e. The second kappa shape index (κ2) is 5.83. The summed E-state index contributed by atoms with van der Waals surface area (Å²) in [6.07, 6.45) is 4.35. The van der Waals surface area contributed by atoms with E-state index in [0.29, 0.717) is 6.04 Å². The number of hydrogen-bond donors (Lipinski definition) is 1. The third-order valence-corrected chi connectivity index (χ3v) is 3.70. The van der Waals surface area contributed by atoms with Crippen molar-refractivity contribution < 1.29 is 4.74 Å². The van der Waals surface area contributed by atoms with Crippen molar-refractivity contribution in [1.82, 2.24) is 10.2 Å². The van der Waals surface area contributed by atoms with Gasteiger partial charge in [-0.15, -0.1) is 0 Å². The lowest BCUT2D eigenvalue weighted by Crippen LogP contribution is -2.52. The topological polar surface area (TPSA) is 24.5 Å². The van der Waals surface area contributed by atoms with Gasteiger partial charge in [-0.05, 0) is 25.3 Å². The van der Waals surface area contributed by atoms with Crippen LogP contribution < -0.4 is 5.32 Å². The summed E-state index contributed by atoms with van der Waals surface area (Å²) in [6, 6.07) is 0.610. The molecule has 0 aromatic rings. The number of morpholine rings is 1. The summed E-state index contributed by atoms with van der Waals surface area (Å²) < 4.78 is 5.56. The van der Waals surface area contributed by atoms with E-state index in [4.69, 9.17) is 4.74 Å². The maximum atomic E-state index is 5.56. The van der Waals surface area contributed by atoms with E-state index in [1.165, 1.54) is 25.8 Å². The van der Waals surface area contributed by atoms with Gasteiger partial charge in [0.25, 0.3) is 0 Å². The van der Waals surface area contributed by atoms with Gasteiger partial charge in [-0.3, -0.25) is 4.90 Å². The molecular formula is C12H24N2O. The smallest absolute Gasteiger partial charge is 0.0634 e. The highest BCUT2D eigenvalue weighted by atomic mass is 16.5. The van der Waals surface area contributed by atoms with E-state index < -0.39 is 0 Å². The Morgan fingerprint density at radius 3 is 2.93 bits per heavy atom. The fourth-order valence-electron chi connectivity index (χ4n) is 2.44. The van der Waals surface area contributed by atoms with Gasteiger partial charge in [-0.2, -0.15) is 0 Å². The molecule has 1 heterocycles. The molecule has 3 nitrogen and oxygen atoms in total. The summed E-state index contributed by atoms with van der Waals surface area (Å²) in [7, 11) is 0. The summed E-state index contributed by atoms with van der Waals surface area (Å²) in [5.74, 6) is 0.979. The van der Waals surface area contributed by atoms with Crippen molar-refractivity contribution in [3.8, 4) is 0 Å². The number of nitrogens with one attached hydrogen (secondary N) is 1.